The zero-order valence-electron chi connectivity index (χ0n) is 12.0. The van der Waals surface area contributed by atoms with Crippen LogP contribution in [0.2, 0.25) is 0 Å². The predicted molar refractivity (Wildman–Crippen MR) is 80.7 cm³/mol. The Balaban J connectivity index is 2.02. The van der Waals surface area contributed by atoms with Gasteiger partial charge in [0.2, 0.25) is 0 Å². The Labute approximate surface area is 120 Å². The van der Waals surface area contributed by atoms with E-state index in [2.05, 4.69) is 5.32 Å². The first-order valence-corrected chi connectivity index (χ1v) is 6.76. The molecule has 0 radical (unpaired) electrons. The lowest BCUT2D eigenvalue weighted by Crippen LogP contribution is -2.29. The lowest BCUT2D eigenvalue weighted by Gasteiger charge is -2.24. The highest BCUT2D eigenvalue weighted by Crippen LogP contribution is 2.22. The summed E-state index contributed by atoms with van der Waals surface area (Å²) in [5, 5.41) is 13.6. The molecule has 3 nitrogen and oxygen atoms in total. The van der Waals surface area contributed by atoms with Crippen molar-refractivity contribution in [2.24, 2.45) is 0 Å². The number of hydrogen-bond acceptors (Lipinski definition) is 3. The molecule has 1 atom stereocenters. The Bertz CT molecular complexity index is 538. The second-order valence-corrected chi connectivity index (χ2v) is 5.11. The van der Waals surface area contributed by atoms with Crippen LogP contribution in [-0.4, -0.2) is 18.8 Å². The first-order chi connectivity index (χ1) is 9.62. The number of ether oxygens (including phenoxy) is 1. The third-order valence-corrected chi connectivity index (χ3v) is 3.19. The fourth-order valence-corrected chi connectivity index (χ4v) is 2.05. The van der Waals surface area contributed by atoms with Gasteiger partial charge in [-0.1, -0.05) is 42.5 Å². The van der Waals surface area contributed by atoms with Gasteiger partial charge < -0.3 is 15.2 Å². The summed E-state index contributed by atoms with van der Waals surface area (Å²) in [4.78, 5) is 0. The maximum atomic E-state index is 10.5. The molecule has 20 heavy (non-hydrogen) atoms. The van der Waals surface area contributed by atoms with Gasteiger partial charge in [-0.3, -0.25) is 0 Å². The Morgan fingerprint density at radius 2 is 1.85 bits per heavy atom. The van der Waals surface area contributed by atoms with E-state index in [0.717, 1.165) is 23.4 Å². The zero-order valence-corrected chi connectivity index (χ0v) is 12.0. The molecule has 0 aromatic heterocycles. The summed E-state index contributed by atoms with van der Waals surface area (Å²) in [5.41, 5.74) is 1.01. The van der Waals surface area contributed by atoms with E-state index in [9.17, 15) is 5.11 Å². The van der Waals surface area contributed by atoms with E-state index in [1.54, 1.807) is 6.92 Å². The molecule has 106 valence electrons. The van der Waals surface area contributed by atoms with Gasteiger partial charge in [0.05, 0.1) is 0 Å². The molecule has 0 saturated heterocycles. The van der Waals surface area contributed by atoms with E-state index < -0.39 is 5.60 Å². The molecule has 2 aromatic rings. The van der Waals surface area contributed by atoms with E-state index in [1.807, 2.05) is 61.6 Å². The SMILES string of the molecule is CNCc1cccc(OCC(C)(O)c2ccccc2)c1. The summed E-state index contributed by atoms with van der Waals surface area (Å²) in [7, 11) is 1.91. The summed E-state index contributed by atoms with van der Waals surface area (Å²) in [6.45, 7) is 2.78. The van der Waals surface area contributed by atoms with E-state index in [1.165, 1.54) is 0 Å². The van der Waals surface area contributed by atoms with Crippen molar-refractivity contribution in [3.63, 3.8) is 0 Å². The van der Waals surface area contributed by atoms with E-state index in [0.29, 0.717) is 0 Å². The van der Waals surface area contributed by atoms with Gasteiger partial charge in [0.25, 0.3) is 0 Å². The molecule has 2 aromatic carbocycles. The molecular weight excluding hydrogens is 250 g/mol. The number of nitrogens with one attached hydrogen (secondary N) is 1. The molecule has 0 amide bonds. The third-order valence-electron chi connectivity index (χ3n) is 3.19. The van der Waals surface area contributed by atoms with Crippen molar-refractivity contribution in [1.82, 2.24) is 5.32 Å². The highest BCUT2D eigenvalue weighted by atomic mass is 16.5. The van der Waals surface area contributed by atoms with Gasteiger partial charge in [-0.25, -0.2) is 0 Å². The quantitative estimate of drug-likeness (QED) is 0.849. The normalized spacial score (nSPS) is 13.8. The Hall–Kier alpha value is -1.84. The van der Waals surface area contributed by atoms with Gasteiger partial charge in [0.1, 0.15) is 18.0 Å². The minimum atomic E-state index is -1.000. The number of benzene rings is 2. The van der Waals surface area contributed by atoms with Crippen molar-refractivity contribution < 1.29 is 9.84 Å². The van der Waals surface area contributed by atoms with E-state index >= 15 is 0 Å². The Morgan fingerprint density at radius 1 is 1.10 bits per heavy atom. The fraction of sp³-hybridized carbons (Fsp3) is 0.294. The molecule has 0 fully saturated rings. The summed E-state index contributed by atoms with van der Waals surface area (Å²) in [5.74, 6) is 0.772. The van der Waals surface area contributed by atoms with Crippen LogP contribution in [0.5, 0.6) is 5.75 Å². The van der Waals surface area contributed by atoms with Gasteiger partial charge in [-0.05, 0) is 37.2 Å². The van der Waals surface area contributed by atoms with Crippen molar-refractivity contribution in [1.29, 1.82) is 0 Å². The topological polar surface area (TPSA) is 41.5 Å². The molecule has 0 aliphatic carbocycles. The molecule has 1 unspecified atom stereocenters. The zero-order chi connectivity index (χ0) is 14.4. The van der Waals surface area contributed by atoms with Crippen molar-refractivity contribution in [2.75, 3.05) is 13.7 Å². The maximum absolute atomic E-state index is 10.5. The van der Waals surface area contributed by atoms with E-state index in [4.69, 9.17) is 4.74 Å². The molecule has 0 spiro atoms. The van der Waals surface area contributed by atoms with Gasteiger partial charge in [-0.2, -0.15) is 0 Å². The standard InChI is InChI=1S/C17H21NO2/c1-17(19,15-8-4-3-5-9-15)13-20-16-10-6-7-14(11-16)12-18-2/h3-11,18-19H,12-13H2,1-2H3. The number of rotatable bonds is 6. The fourth-order valence-electron chi connectivity index (χ4n) is 2.05. The molecule has 0 bridgehead atoms. The molecule has 2 N–H and O–H groups in total. The predicted octanol–water partition coefficient (Wildman–Crippen LogP) is 2.69. The minimum Gasteiger partial charge on any atom is -0.490 e. The van der Waals surface area contributed by atoms with Crippen LogP contribution in [-0.2, 0) is 12.1 Å². The van der Waals surface area contributed by atoms with E-state index in [-0.39, 0.29) is 6.61 Å². The number of hydrogen-bond donors (Lipinski definition) is 2. The molecular formula is C17H21NO2. The van der Waals surface area contributed by atoms with Crippen LogP contribution in [0, 0.1) is 0 Å². The minimum absolute atomic E-state index is 0.222. The summed E-state index contributed by atoms with van der Waals surface area (Å²) in [6.07, 6.45) is 0. The first-order valence-electron chi connectivity index (χ1n) is 6.76. The lowest BCUT2D eigenvalue weighted by molar-refractivity contribution is 0.00757. The van der Waals surface area contributed by atoms with Crippen LogP contribution in [0.3, 0.4) is 0 Å². The Morgan fingerprint density at radius 3 is 2.55 bits per heavy atom. The molecule has 0 heterocycles. The molecule has 0 saturated carbocycles. The van der Waals surface area contributed by atoms with Gasteiger partial charge in [0.15, 0.2) is 0 Å². The van der Waals surface area contributed by atoms with Gasteiger partial charge in [0, 0.05) is 6.54 Å². The average Bonchev–Trinajstić information content (AvgIpc) is 2.47. The van der Waals surface area contributed by atoms with Crippen LogP contribution in [0.4, 0.5) is 0 Å². The van der Waals surface area contributed by atoms with Crippen molar-refractivity contribution in [2.45, 2.75) is 19.1 Å². The third kappa shape index (κ3) is 3.83. The maximum Gasteiger partial charge on any atom is 0.121 e. The smallest absolute Gasteiger partial charge is 0.121 e. The van der Waals surface area contributed by atoms with Crippen LogP contribution >= 0.6 is 0 Å². The number of aliphatic hydroxyl groups is 1. The molecule has 0 aliphatic rings. The van der Waals surface area contributed by atoms with Crippen molar-refractivity contribution >= 4 is 0 Å². The summed E-state index contributed by atoms with van der Waals surface area (Å²) < 4.78 is 5.73. The van der Waals surface area contributed by atoms with Crippen LogP contribution < -0.4 is 10.1 Å². The summed E-state index contributed by atoms with van der Waals surface area (Å²) in [6, 6.07) is 17.5. The van der Waals surface area contributed by atoms with Crippen LogP contribution in [0.25, 0.3) is 0 Å². The highest BCUT2D eigenvalue weighted by Gasteiger charge is 2.23. The second kappa shape index (κ2) is 6.55. The lowest BCUT2D eigenvalue weighted by atomic mass is 9.97. The second-order valence-electron chi connectivity index (χ2n) is 5.11. The average molecular weight is 271 g/mol. The molecule has 2 rings (SSSR count). The summed E-state index contributed by atoms with van der Waals surface area (Å²) >= 11 is 0. The molecule has 3 heteroatoms. The van der Waals surface area contributed by atoms with Crippen LogP contribution in [0.15, 0.2) is 54.6 Å². The van der Waals surface area contributed by atoms with Crippen molar-refractivity contribution in [3.05, 3.63) is 65.7 Å². The highest BCUT2D eigenvalue weighted by molar-refractivity contribution is 5.29. The Kier molecular flexibility index (Phi) is 4.77. The molecule has 0 aliphatic heterocycles. The monoisotopic (exact) mass is 271 g/mol. The largest absolute Gasteiger partial charge is 0.490 e. The van der Waals surface area contributed by atoms with Gasteiger partial charge >= 0.3 is 0 Å². The van der Waals surface area contributed by atoms with Crippen LogP contribution in [0.1, 0.15) is 18.1 Å². The van der Waals surface area contributed by atoms with Crippen molar-refractivity contribution in [3.8, 4) is 5.75 Å². The first kappa shape index (κ1) is 14.6. The van der Waals surface area contributed by atoms with Gasteiger partial charge in [-0.15, -0.1) is 0 Å².